The number of pyridine rings is 1. The van der Waals surface area contributed by atoms with Crippen molar-refractivity contribution in [3.63, 3.8) is 0 Å². The molecule has 3 aliphatic rings. The number of hydrogen-bond acceptors (Lipinski definition) is 8. The Bertz CT molecular complexity index is 1370. The minimum absolute atomic E-state index is 0.0932. The Morgan fingerprint density at radius 1 is 1.17 bits per heavy atom. The molecule has 2 aliphatic carbocycles. The van der Waals surface area contributed by atoms with Gasteiger partial charge in [-0.05, 0) is 76.4 Å². The van der Waals surface area contributed by atoms with Gasteiger partial charge in [0.1, 0.15) is 11.9 Å². The van der Waals surface area contributed by atoms with Crippen molar-refractivity contribution in [1.82, 2.24) is 18.9 Å². The largest absolute Gasteiger partial charge is 0.492 e. The fourth-order valence-electron chi connectivity index (χ4n) is 5.26. The summed E-state index contributed by atoms with van der Waals surface area (Å²) in [6.45, 7) is 4.36. The van der Waals surface area contributed by atoms with Crippen molar-refractivity contribution >= 4 is 16.1 Å². The number of hydrogen-bond donors (Lipinski definition) is 1. The quantitative estimate of drug-likeness (QED) is 0.346. The van der Waals surface area contributed by atoms with Crippen molar-refractivity contribution in [2.75, 3.05) is 46.9 Å². The van der Waals surface area contributed by atoms with Crippen LogP contribution in [0.1, 0.15) is 61.2 Å². The molecule has 2 heterocycles. The second-order valence-corrected chi connectivity index (χ2v) is 13.5. The van der Waals surface area contributed by atoms with Gasteiger partial charge in [-0.1, -0.05) is 6.92 Å². The number of benzene rings is 1. The van der Waals surface area contributed by atoms with Gasteiger partial charge in [0.2, 0.25) is 5.82 Å². The molecule has 2 aromatic rings. The third-order valence-electron chi connectivity index (χ3n) is 8.00. The van der Waals surface area contributed by atoms with Crippen LogP contribution in [0.5, 0.6) is 11.5 Å². The molecule has 1 aromatic heterocycles. The molecule has 10 nitrogen and oxygen atoms in total. The number of carbonyl (C=O) groups is 1. The lowest BCUT2D eigenvalue weighted by molar-refractivity contribution is -0.129. The molecule has 2 saturated carbocycles. The van der Waals surface area contributed by atoms with E-state index in [9.17, 15) is 22.0 Å². The molecular formula is C29H38F2N4O6S. The molecule has 0 radical (unpaired) electrons. The summed E-state index contributed by atoms with van der Waals surface area (Å²) in [6.07, 6.45) is 5.22. The van der Waals surface area contributed by atoms with E-state index < -0.39 is 45.2 Å². The van der Waals surface area contributed by atoms with Crippen LogP contribution in [0, 0.1) is 23.0 Å². The van der Waals surface area contributed by atoms with Crippen LogP contribution in [-0.2, 0) is 14.9 Å². The first-order chi connectivity index (χ1) is 20.0. The summed E-state index contributed by atoms with van der Waals surface area (Å²) in [5.74, 6) is -3.33. The Labute approximate surface area is 245 Å². The number of nitrogens with one attached hydrogen (secondary N) is 1. The van der Waals surface area contributed by atoms with E-state index in [2.05, 4.69) is 4.98 Å². The molecule has 230 valence electrons. The highest BCUT2D eigenvalue weighted by atomic mass is 32.2. The summed E-state index contributed by atoms with van der Waals surface area (Å²) in [4.78, 5) is 19.0. The van der Waals surface area contributed by atoms with Gasteiger partial charge in [-0.2, -0.15) is 17.1 Å². The Morgan fingerprint density at radius 2 is 1.90 bits per heavy atom. The summed E-state index contributed by atoms with van der Waals surface area (Å²) in [7, 11) is -0.300. The third kappa shape index (κ3) is 7.01. The van der Waals surface area contributed by atoms with Gasteiger partial charge in [0.05, 0.1) is 36.8 Å². The molecule has 1 saturated heterocycles. The summed E-state index contributed by atoms with van der Waals surface area (Å²) >= 11 is 0. The topological polar surface area (TPSA) is 110 Å². The summed E-state index contributed by atoms with van der Waals surface area (Å²) < 4.78 is 75.6. The second-order valence-electron chi connectivity index (χ2n) is 11.8. The Hall–Kier alpha value is -2.87. The molecule has 1 atom stereocenters. The Kier molecular flexibility index (Phi) is 9.02. The number of ether oxygens (including phenoxy) is 3. The highest BCUT2D eigenvalue weighted by Gasteiger charge is 2.56. The predicted molar refractivity (Wildman–Crippen MR) is 150 cm³/mol. The lowest BCUT2D eigenvalue weighted by atomic mass is 9.63. The van der Waals surface area contributed by atoms with Crippen molar-refractivity contribution in [3.05, 3.63) is 53.4 Å². The molecule has 1 amide bonds. The van der Waals surface area contributed by atoms with E-state index in [1.807, 2.05) is 30.6 Å². The van der Waals surface area contributed by atoms with Crippen molar-refractivity contribution < 1.29 is 36.2 Å². The maximum Gasteiger partial charge on any atom is 0.304 e. The molecule has 0 bridgehead atoms. The molecule has 1 N–H and O–H groups in total. The zero-order valence-corrected chi connectivity index (χ0v) is 25.0. The highest BCUT2D eigenvalue weighted by Crippen LogP contribution is 2.50. The number of halogens is 2. The van der Waals surface area contributed by atoms with Gasteiger partial charge < -0.3 is 19.1 Å². The smallest absolute Gasteiger partial charge is 0.304 e. The minimum atomic E-state index is -4.22. The SMILES string of the molecule is CC[C@@H](Oc1ccc(C(=O)NS(=O)(=O)N2CC3(CC(OCCN(C)C)C3)C2)c(F)c1F)c1ccc(OCC2CC2)cn1. The van der Waals surface area contributed by atoms with Gasteiger partial charge in [-0.3, -0.25) is 9.78 Å². The molecule has 1 aromatic carbocycles. The van der Waals surface area contributed by atoms with Crippen molar-refractivity contribution in [1.29, 1.82) is 0 Å². The van der Waals surface area contributed by atoms with Crippen molar-refractivity contribution in [2.24, 2.45) is 11.3 Å². The molecule has 13 heteroatoms. The normalized spacial score (nSPS) is 19.3. The summed E-state index contributed by atoms with van der Waals surface area (Å²) in [5, 5.41) is 0. The van der Waals surface area contributed by atoms with Crippen molar-refractivity contribution in [2.45, 2.75) is 51.2 Å². The monoisotopic (exact) mass is 608 g/mol. The first-order valence-electron chi connectivity index (χ1n) is 14.3. The van der Waals surface area contributed by atoms with Gasteiger partial charge in [0.25, 0.3) is 5.91 Å². The molecule has 42 heavy (non-hydrogen) atoms. The van der Waals surface area contributed by atoms with E-state index >= 15 is 0 Å². The molecule has 1 aliphatic heterocycles. The number of nitrogens with zero attached hydrogens (tertiary/aromatic N) is 3. The minimum Gasteiger partial charge on any atom is -0.492 e. The van der Waals surface area contributed by atoms with Crippen LogP contribution in [0.3, 0.4) is 0 Å². The van der Waals surface area contributed by atoms with E-state index in [1.165, 1.54) is 12.8 Å². The van der Waals surface area contributed by atoms with Crippen LogP contribution in [0.4, 0.5) is 8.78 Å². The van der Waals surface area contributed by atoms with E-state index in [4.69, 9.17) is 14.2 Å². The van der Waals surface area contributed by atoms with Gasteiger partial charge >= 0.3 is 10.2 Å². The lowest BCUT2D eigenvalue weighted by Crippen LogP contribution is -2.67. The maximum absolute atomic E-state index is 15.0. The van der Waals surface area contributed by atoms with Crippen LogP contribution in [0.25, 0.3) is 0 Å². The average molecular weight is 609 g/mol. The second kappa shape index (κ2) is 12.4. The lowest BCUT2D eigenvalue weighted by Gasteiger charge is -2.57. The first-order valence-corrected chi connectivity index (χ1v) is 15.7. The first kappa shape index (κ1) is 30.6. The zero-order valence-electron chi connectivity index (χ0n) is 24.1. The molecular weight excluding hydrogens is 570 g/mol. The standard InChI is InChI=1S/C29H38F2N4O6S/c1-4-24(23-9-7-20(15-32-23)40-16-19-5-6-19)41-25-10-8-22(26(30)27(25)31)28(36)33-42(37,38)35-17-29(18-35)13-21(14-29)39-12-11-34(2)3/h7-10,15,19,21,24H,4-6,11-14,16-18H2,1-3H3,(H,33,36)/t24-/m1/s1. The van der Waals surface area contributed by atoms with Crippen LogP contribution in [-0.4, -0.2) is 81.6 Å². The number of amides is 1. The van der Waals surface area contributed by atoms with E-state index in [0.29, 0.717) is 37.0 Å². The Balaban J connectivity index is 1.14. The van der Waals surface area contributed by atoms with Crippen LogP contribution < -0.4 is 14.2 Å². The number of rotatable bonds is 14. The van der Waals surface area contributed by atoms with Crippen LogP contribution in [0.2, 0.25) is 0 Å². The number of carbonyl (C=O) groups excluding carboxylic acids is 1. The van der Waals surface area contributed by atoms with Gasteiger partial charge in [-0.15, -0.1) is 0 Å². The molecule has 5 rings (SSSR count). The fraction of sp³-hybridized carbons (Fsp3) is 0.586. The maximum atomic E-state index is 15.0. The van der Waals surface area contributed by atoms with Crippen molar-refractivity contribution in [3.8, 4) is 11.5 Å². The van der Waals surface area contributed by atoms with Gasteiger partial charge in [0, 0.05) is 25.0 Å². The van der Waals surface area contributed by atoms with E-state index in [-0.39, 0.29) is 24.6 Å². The Morgan fingerprint density at radius 3 is 2.52 bits per heavy atom. The van der Waals surface area contributed by atoms with Gasteiger partial charge in [0.15, 0.2) is 11.6 Å². The summed E-state index contributed by atoms with van der Waals surface area (Å²) in [6, 6.07) is 5.58. The molecule has 3 fully saturated rings. The van der Waals surface area contributed by atoms with E-state index in [0.717, 1.165) is 35.8 Å². The van der Waals surface area contributed by atoms with Crippen LogP contribution in [0.15, 0.2) is 30.5 Å². The summed E-state index contributed by atoms with van der Waals surface area (Å²) in [5.41, 5.74) is -0.389. The average Bonchev–Trinajstić information content (AvgIpc) is 3.73. The number of likely N-dealkylation sites (N-methyl/N-ethyl adjacent to an activating group) is 1. The number of aromatic nitrogens is 1. The highest BCUT2D eigenvalue weighted by molar-refractivity contribution is 7.87. The van der Waals surface area contributed by atoms with Crippen LogP contribution >= 0.6 is 0 Å². The third-order valence-corrected chi connectivity index (χ3v) is 9.38. The molecule has 0 unspecified atom stereocenters. The zero-order chi connectivity index (χ0) is 30.1. The predicted octanol–water partition coefficient (Wildman–Crippen LogP) is 3.70. The van der Waals surface area contributed by atoms with Gasteiger partial charge in [-0.25, -0.2) is 9.11 Å². The fourth-order valence-corrected chi connectivity index (χ4v) is 6.62. The molecule has 1 spiro atoms. The van der Waals surface area contributed by atoms with E-state index in [1.54, 1.807) is 18.3 Å².